The van der Waals surface area contributed by atoms with Gasteiger partial charge in [0.05, 0.1) is 0 Å². The number of hydrogen-bond acceptors (Lipinski definition) is 0. The fraction of sp³-hybridized carbons (Fsp3) is 0.174. The summed E-state index contributed by atoms with van der Waals surface area (Å²) in [7, 11) is 1.08. The third-order valence-electron chi connectivity index (χ3n) is 8.86. The van der Waals surface area contributed by atoms with Gasteiger partial charge in [0.25, 0.3) is 0 Å². The molecule has 8 aromatic rings. The number of aryl methyl sites for hydroxylation is 2. The monoisotopic (exact) mass is 714 g/mol. The van der Waals surface area contributed by atoms with E-state index in [1.807, 2.05) is 0 Å². The Balaban J connectivity index is 0.000000171. The Morgan fingerprint density at radius 3 is 1.17 bits per heavy atom. The van der Waals surface area contributed by atoms with E-state index < -0.39 is 0 Å². The summed E-state index contributed by atoms with van der Waals surface area (Å²) in [6, 6.07) is 53.2. The molecule has 0 atom stereocenters. The largest absolute Gasteiger partial charge is 2.00 e. The normalized spacial score (nSPS) is 10.8. The van der Waals surface area contributed by atoms with Crippen LogP contribution in [0.25, 0.3) is 65.3 Å². The molecule has 0 nitrogen and oxygen atoms in total. The topological polar surface area (TPSA) is 0 Å². The molecule has 0 amide bonds. The fourth-order valence-electron chi connectivity index (χ4n) is 6.85. The smallest absolute Gasteiger partial charge is 0.164 e. The average Bonchev–Trinajstić information content (AvgIpc) is 3.72. The Labute approximate surface area is 308 Å². The Morgan fingerprint density at radius 2 is 0.771 bits per heavy atom. The molecule has 236 valence electrons. The van der Waals surface area contributed by atoms with Gasteiger partial charge in [-0.25, -0.2) is 0 Å². The van der Waals surface area contributed by atoms with E-state index in [2.05, 4.69) is 173 Å². The molecule has 2 radical (unpaired) electrons. The summed E-state index contributed by atoms with van der Waals surface area (Å²) in [6.45, 7) is 8.78. The van der Waals surface area contributed by atoms with Crippen LogP contribution in [0.5, 0.6) is 0 Å². The van der Waals surface area contributed by atoms with Crippen LogP contribution in [0.15, 0.2) is 146 Å². The van der Waals surface area contributed by atoms with Gasteiger partial charge >= 0.3 is 26.2 Å². The SMILES string of the molecule is CCCc1cc2c(-c3cccc4ccccc34)cccc2[cH-]1.CCCc1cc2c(-c3cccc4ccccc34)cccc2[cH-]1.C[Si]C.[Zr+2]. The van der Waals surface area contributed by atoms with E-state index in [1.54, 1.807) is 0 Å². The summed E-state index contributed by atoms with van der Waals surface area (Å²) in [4.78, 5) is 0. The third-order valence-corrected chi connectivity index (χ3v) is 8.86. The summed E-state index contributed by atoms with van der Waals surface area (Å²) in [6.07, 6.45) is 4.70. The van der Waals surface area contributed by atoms with Gasteiger partial charge in [-0.1, -0.05) is 148 Å². The summed E-state index contributed by atoms with van der Waals surface area (Å²) in [5, 5.41) is 10.7. The van der Waals surface area contributed by atoms with Gasteiger partial charge in [-0.3, -0.25) is 0 Å². The molecule has 0 unspecified atom stereocenters. The summed E-state index contributed by atoms with van der Waals surface area (Å²) >= 11 is 0. The van der Waals surface area contributed by atoms with Crippen LogP contribution in [0.2, 0.25) is 13.1 Å². The predicted octanol–water partition coefficient (Wildman–Crippen LogP) is 13.4. The van der Waals surface area contributed by atoms with E-state index in [0.29, 0.717) is 0 Å². The van der Waals surface area contributed by atoms with E-state index in [-0.39, 0.29) is 26.2 Å². The van der Waals surface area contributed by atoms with Gasteiger partial charge < -0.3 is 0 Å². The molecule has 0 heterocycles. The third kappa shape index (κ3) is 7.72. The molecular weight excluding hydrogens is 672 g/mol. The molecule has 0 aliphatic heterocycles. The van der Waals surface area contributed by atoms with Crippen LogP contribution in [0.3, 0.4) is 0 Å². The number of hydrogen-bond donors (Lipinski definition) is 0. The van der Waals surface area contributed by atoms with Crippen LogP contribution in [0.4, 0.5) is 0 Å². The number of fused-ring (bicyclic) bond motifs is 4. The summed E-state index contributed by atoms with van der Waals surface area (Å²) in [5.41, 5.74) is 8.25. The maximum Gasteiger partial charge on any atom is 2.00 e. The minimum absolute atomic E-state index is 0. The quantitative estimate of drug-likeness (QED) is 0.119. The van der Waals surface area contributed by atoms with Crippen molar-refractivity contribution in [3.63, 3.8) is 0 Å². The first-order chi connectivity index (χ1) is 23.1. The van der Waals surface area contributed by atoms with E-state index in [9.17, 15) is 0 Å². The van der Waals surface area contributed by atoms with Gasteiger partial charge in [0.2, 0.25) is 0 Å². The first-order valence-corrected chi connectivity index (χ1v) is 19.1. The molecule has 8 rings (SSSR count). The minimum Gasteiger partial charge on any atom is -0.164 e. The second-order valence-corrected chi connectivity index (χ2v) is 13.4. The average molecular weight is 716 g/mol. The van der Waals surface area contributed by atoms with Gasteiger partial charge in [-0.2, -0.15) is 12.1 Å². The van der Waals surface area contributed by atoms with Gasteiger partial charge in [0, 0.05) is 9.52 Å². The Bertz CT molecular complexity index is 2060. The molecule has 0 aliphatic carbocycles. The van der Waals surface area contributed by atoms with Gasteiger partial charge in [-0.15, -0.1) is 69.1 Å². The Morgan fingerprint density at radius 1 is 0.438 bits per heavy atom. The number of benzene rings is 6. The van der Waals surface area contributed by atoms with Crippen LogP contribution in [0, 0.1) is 0 Å². The van der Waals surface area contributed by atoms with Crippen molar-refractivity contribution in [2.45, 2.75) is 52.6 Å². The molecule has 0 aromatic heterocycles. The Kier molecular flexibility index (Phi) is 12.6. The van der Waals surface area contributed by atoms with Crippen molar-refractivity contribution in [2.75, 3.05) is 0 Å². The Hall–Kier alpha value is -3.84. The molecule has 0 saturated heterocycles. The fourth-order valence-corrected chi connectivity index (χ4v) is 6.85. The molecule has 0 aliphatic rings. The van der Waals surface area contributed by atoms with Gasteiger partial charge in [0.1, 0.15) is 0 Å². The van der Waals surface area contributed by atoms with Crippen LogP contribution in [-0.2, 0) is 39.0 Å². The van der Waals surface area contributed by atoms with E-state index >= 15 is 0 Å². The van der Waals surface area contributed by atoms with E-state index in [1.165, 1.54) is 89.3 Å². The molecule has 0 fully saturated rings. The molecule has 8 aromatic carbocycles. The van der Waals surface area contributed by atoms with Gasteiger partial charge in [0.15, 0.2) is 0 Å². The van der Waals surface area contributed by atoms with Crippen molar-refractivity contribution < 1.29 is 26.2 Å². The minimum atomic E-state index is 0. The standard InChI is InChI=1S/2C22H19.C2H6Si.Zr/c2*1-2-7-16-14-18-10-6-13-21(22(18)15-16)20-12-5-9-17-8-3-4-11-19(17)20;1-3-2;/h2*3-6,8-15H,2,7H2,1H3;1-2H3;/q2*-1;;+2. The van der Waals surface area contributed by atoms with Crippen LogP contribution >= 0.6 is 0 Å². The molecule has 48 heavy (non-hydrogen) atoms. The second-order valence-electron chi connectivity index (χ2n) is 12.4. The second kappa shape index (κ2) is 17.0. The first kappa shape index (κ1) is 35.5. The van der Waals surface area contributed by atoms with Gasteiger partial charge in [-0.05, 0) is 45.5 Å². The maximum absolute atomic E-state index is 2.37. The zero-order valence-corrected chi connectivity index (χ0v) is 32.1. The summed E-state index contributed by atoms with van der Waals surface area (Å²) < 4.78 is 0. The molecule has 0 spiro atoms. The van der Waals surface area contributed by atoms with Crippen molar-refractivity contribution >= 4 is 52.6 Å². The molecule has 0 saturated carbocycles. The molecular formula is C46H44SiZr. The predicted molar refractivity (Wildman–Crippen MR) is 210 cm³/mol. The zero-order valence-electron chi connectivity index (χ0n) is 28.7. The number of rotatable bonds is 6. The van der Waals surface area contributed by atoms with Crippen molar-refractivity contribution in [1.29, 1.82) is 0 Å². The first-order valence-electron chi connectivity index (χ1n) is 17.1. The van der Waals surface area contributed by atoms with Crippen molar-refractivity contribution in [2.24, 2.45) is 0 Å². The molecule has 2 heteroatoms. The van der Waals surface area contributed by atoms with E-state index in [0.717, 1.165) is 22.4 Å². The maximum atomic E-state index is 2.37. The molecule has 0 bridgehead atoms. The van der Waals surface area contributed by atoms with Crippen molar-refractivity contribution in [1.82, 2.24) is 0 Å². The summed E-state index contributed by atoms with van der Waals surface area (Å²) in [5.74, 6) is 0. The van der Waals surface area contributed by atoms with E-state index in [4.69, 9.17) is 0 Å². The van der Waals surface area contributed by atoms with Crippen LogP contribution < -0.4 is 0 Å². The van der Waals surface area contributed by atoms with Crippen LogP contribution in [0.1, 0.15) is 37.8 Å². The van der Waals surface area contributed by atoms with Crippen molar-refractivity contribution in [3.8, 4) is 22.3 Å². The zero-order chi connectivity index (χ0) is 32.6. The van der Waals surface area contributed by atoms with Crippen LogP contribution in [-0.4, -0.2) is 9.52 Å². The van der Waals surface area contributed by atoms with Crippen molar-refractivity contribution in [3.05, 3.63) is 157 Å². The molecule has 0 N–H and O–H groups in total.